The molecule has 0 saturated heterocycles. The van der Waals surface area contributed by atoms with Gasteiger partial charge in [-0.15, -0.1) is 0 Å². The SMILES string of the molecule is Cn1nccc1C(=O)N[C@H](c1cn2ncc(CNC(=O)C3CCCC[C@H]3C(F)(F)F)cc2n1)C1CCCCC1. The standard InChI is InChI=1S/C27H34F3N7O2/c1-36-22(11-12-32-36)26(39)35-24(18-7-3-2-4-8-18)21-16-37-23(34-21)13-17(15-33-37)14-31-25(38)19-9-5-6-10-20(19)27(28,29)30/h11-13,15-16,18-20,24H,2-10,14H2,1H3,(H,31,38)(H,35,39)/t19?,20-,24+/m1/s1. The Labute approximate surface area is 224 Å². The highest BCUT2D eigenvalue weighted by atomic mass is 19.4. The van der Waals surface area contributed by atoms with E-state index in [1.165, 1.54) is 11.1 Å². The Kier molecular flexibility index (Phi) is 7.90. The number of aromatic nitrogens is 5. The summed E-state index contributed by atoms with van der Waals surface area (Å²) in [6.45, 7) is 0.0644. The Balaban J connectivity index is 1.31. The molecule has 2 N–H and O–H groups in total. The first kappa shape index (κ1) is 27.1. The summed E-state index contributed by atoms with van der Waals surface area (Å²) in [4.78, 5) is 30.5. The van der Waals surface area contributed by atoms with E-state index in [2.05, 4.69) is 20.8 Å². The van der Waals surface area contributed by atoms with E-state index < -0.39 is 23.9 Å². The summed E-state index contributed by atoms with van der Waals surface area (Å²) in [5.41, 5.74) is 2.33. The second-order valence-corrected chi connectivity index (χ2v) is 10.8. The zero-order valence-corrected chi connectivity index (χ0v) is 22.0. The lowest BCUT2D eigenvalue weighted by molar-refractivity contribution is -0.198. The Hall–Kier alpha value is -3.44. The number of nitrogens with zero attached hydrogens (tertiary/aromatic N) is 5. The number of carbonyl (C=O) groups is 2. The summed E-state index contributed by atoms with van der Waals surface area (Å²) in [7, 11) is 1.72. The second kappa shape index (κ2) is 11.4. The van der Waals surface area contributed by atoms with Crippen LogP contribution in [0.3, 0.4) is 0 Å². The van der Waals surface area contributed by atoms with Crippen LogP contribution < -0.4 is 10.6 Å². The summed E-state index contributed by atoms with van der Waals surface area (Å²) in [6.07, 6.45) is 7.23. The van der Waals surface area contributed by atoms with E-state index in [1.54, 1.807) is 42.3 Å². The van der Waals surface area contributed by atoms with Gasteiger partial charge in [0.25, 0.3) is 5.91 Å². The van der Waals surface area contributed by atoms with Crippen molar-refractivity contribution in [2.24, 2.45) is 24.8 Å². The van der Waals surface area contributed by atoms with Crippen LogP contribution >= 0.6 is 0 Å². The lowest BCUT2D eigenvalue weighted by Gasteiger charge is -2.32. The predicted molar refractivity (Wildman–Crippen MR) is 136 cm³/mol. The van der Waals surface area contributed by atoms with E-state index in [1.807, 2.05) is 0 Å². The van der Waals surface area contributed by atoms with Crippen molar-refractivity contribution >= 4 is 17.5 Å². The molecule has 0 aliphatic heterocycles. The highest BCUT2D eigenvalue weighted by Crippen LogP contribution is 2.41. The summed E-state index contributed by atoms with van der Waals surface area (Å²) in [6, 6.07) is 3.13. The van der Waals surface area contributed by atoms with E-state index in [4.69, 9.17) is 4.98 Å². The molecule has 12 heteroatoms. The number of imidazole rings is 1. The molecule has 3 aromatic heterocycles. The molecule has 2 amide bonds. The van der Waals surface area contributed by atoms with Crippen molar-refractivity contribution in [1.82, 2.24) is 35.0 Å². The van der Waals surface area contributed by atoms with Crippen LogP contribution in [-0.4, -0.2) is 42.4 Å². The van der Waals surface area contributed by atoms with Crippen LogP contribution in [0.5, 0.6) is 0 Å². The molecule has 210 valence electrons. The molecule has 2 fully saturated rings. The molecule has 5 rings (SSSR count). The molecule has 3 atom stereocenters. The van der Waals surface area contributed by atoms with E-state index >= 15 is 0 Å². The van der Waals surface area contributed by atoms with Crippen molar-refractivity contribution in [3.63, 3.8) is 0 Å². The van der Waals surface area contributed by atoms with E-state index in [9.17, 15) is 22.8 Å². The van der Waals surface area contributed by atoms with Gasteiger partial charge in [-0.25, -0.2) is 9.50 Å². The smallest absolute Gasteiger partial charge is 0.352 e. The first-order valence-electron chi connectivity index (χ1n) is 13.7. The van der Waals surface area contributed by atoms with E-state index in [0.29, 0.717) is 35.4 Å². The number of carbonyl (C=O) groups excluding carboxylic acids is 2. The minimum atomic E-state index is -4.38. The van der Waals surface area contributed by atoms with E-state index in [0.717, 1.165) is 25.7 Å². The maximum atomic E-state index is 13.4. The Morgan fingerprint density at radius 2 is 1.82 bits per heavy atom. The number of alkyl halides is 3. The van der Waals surface area contributed by atoms with Gasteiger partial charge in [0.05, 0.1) is 30.0 Å². The summed E-state index contributed by atoms with van der Waals surface area (Å²) in [5, 5.41) is 14.3. The number of amides is 2. The van der Waals surface area contributed by atoms with Crippen LogP contribution in [0.2, 0.25) is 0 Å². The van der Waals surface area contributed by atoms with Crippen molar-refractivity contribution in [2.45, 2.75) is 76.6 Å². The fourth-order valence-electron chi connectivity index (χ4n) is 6.05. The van der Waals surface area contributed by atoms with Gasteiger partial charge in [-0.1, -0.05) is 32.1 Å². The predicted octanol–water partition coefficient (Wildman–Crippen LogP) is 4.50. The molecule has 9 nitrogen and oxygen atoms in total. The molecular weight excluding hydrogens is 511 g/mol. The van der Waals surface area contributed by atoms with Crippen LogP contribution in [0.15, 0.2) is 30.7 Å². The number of fused-ring (bicyclic) bond motifs is 1. The average Bonchev–Trinajstić information content (AvgIpc) is 3.56. The molecule has 2 aliphatic rings. The summed E-state index contributed by atoms with van der Waals surface area (Å²) >= 11 is 0. The van der Waals surface area contributed by atoms with Gasteiger partial charge in [0.1, 0.15) is 5.69 Å². The summed E-state index contributed by atoms with van der Waals surface area (Å²) < 4.78 is 43.5. The highest BCUT2D eigenvalue weighted by molar-refractivity contribution is 5.92. The number of hydrogen-bond donors (Lipinski definition) is 2. The third-order valence-electron chi connectivity index (χ3n) is 8.17. The van der Waals surface area contributed by atoms with Crippen molar-refractivity contribution in [3.8, 4) is 0 Å². The van der Waals surface area contributed by atoms with E-state index in [-0.39, 0.29) is 37.3 Å². The molecule has 0 aromatic carbocycles. The van der Waals surface area contributed by atoms with Gasteiger partial charge < -0.3 is 10.6 Å². The number of rotatable bonds is 7. The molecule has 2 saturated carbocycles. The number of halogens is 3. The minimum absolute atomic E-state index is 0.00868. The lowest BCUT2D eigenvalue weighted by atomic mass is 9.78. The molecular formula is C27H34F3N7O2. The van der Waals surface area contributed by atoms with Gasteiger partial charge >= 0.3 is 6.18 Å². The molecule has 0 spiro atoms. The largest absolute Gasteiger partial charge is 0.392 e. The fraction of sp³-hybridized carbons (Fsp3) is 0.593. The van der Waals surface area contributed by atoms with Crippen molar-refractivity contribution in [1.29, 1.82) is 0 Å². The van der Waals surface area contributed by atoms with Gasteiger partial charge in [0.15, 0.2) is 5.65 Å². The van der Waals surface area contributed by atoms with Gasteiger partial charge in [0.2, 0.25) is 5.91 Å². The zero-order valence-electron chi connectivity index (χ0n) is 22.0. The average molecular weight is 546 g/mol. The van der Waals surface area contributed by atoms with Gasteiger partial charge in [-0.3, -0.25) is 14.3 Å². The van der Waals surface area contributed by atoms with Crippen LogP contribution in [-0.2, 0) is 18.4 Å². The zero-order chi connectivity index (χ0) is 27.6. The first-order valence-corrected chi connectivity index (χ1v) is 13.7. The first-order chi connectivity index (χ1) is 18.7. The molecule has 1 unspecified atom stereocenters. The Morgan fingerprint density at radius 1 is 1.08 bits per heavy atom. The van der Waals surface area contributed by atoms with Gasteiger partial charge in [-0.05, 0) is 49.3 Å². The highest BCUT2D eigenvalue weighted by Gasteiger charge is 2.48. The van der Waals surface area contributed by atoms with Gasteiger partial charge in [0, 0.05) is 25.7 Å². The molecule has 0 bridgehead atoms. The Bertz CT molecular complexity index is 1310. The monoisotopic (exact) mass is 545 g/mol. The quantitative estimate of drug-likeness (QED) is 0.455. The van der Waals surface area contributed by atoms with Crippen LogP contribution in [0.1, 0.15) is 85.6 Å². The van der Waals surface area contributed by atoms with Crippen LogP contribution in [0, 0.1) is 17.8 Å². The topological polar surface area (TPSA) is 106 Å². The number of nitrogens with one attached hydrogen (secondary N) is 2. The maximum Gasteiger partial charge on any atom is 0.392 e. The molecule has 2 aliphatic carbocycles. The normalized spacial score (nSPS) is 21.5. The molecule has 0 radical (unpaired) electrons. The van der Waals surface area contributed by atoms with Crippen molar-refractivity contribution in [3.05, 3.63) is 47.7 Å². The second-order valence-electron chi connectivity index (χ2n) is 10.8. The maximum absolute atomic E-state index is 13.4. The fourth-order valence-corrected chi connectivity index (χ4v) is 6.05. The van der Waals surface area contributed by atoms with Gasteiger partial charge in [-0.2, -0.15) is 23.4 Å². The minimum Gasteiger partial charge on any atom is -0.352 e. The van der Waals surface area contributed by atoms with Crippen LogP contribution in [0.4, 0.5) is 13.2 Å². The molecule has 3 heterocycles. The summed E-state index contributed by atoms with van der Waals surface area (Å²) in [5.74, 6) is -3.22. The third-order valence-corrected chi connectivity index (χ3v) is 8.17. The third kappa shape index (κ3) is 6.09. The van der Waals surface area contributed by atoms with Crippen LogP contribution in [0.25, 0.3) is 5.65 Å². The van der Waals surface area contributed by atoms with Crippen molar-refractivity contribution < 1.29 is 22.8 Å². The number of aryl methyl sites for hydroxylation is 1. The Morgan fingerprint density at radius 3 is 2.54 bits per heavy atom. The number of hydrogen-bond acceptors (Lipinski definition) is 5. The van der Waals surface area contributed by atoms with Crippen molar-refractivity contribution in [2.75, 3.05) is 0 Å². The molecule has 39 heavy (non-hydrogen) atoms. The molecule has 3 aromatic rings. The lowest BCUT2D eigenvalue weighted by Crippen LogP contribution is -2.42.